The highest BCUT2D eigenvalue weighted by Gasteiger charge is 2.72. The van der Waals surface area contributed by atoms with Gasteiger partial charge in [-0.1, -0.05) is 60.7 Å². The predicted molar refractivity (Wildman–Crippen MR) is 230 cm³/mol. The monoisotopic (exact) mass is 865 g/mol. The number of imide groups is 1. The Kier molecular flexibility index (Phi) is 10.7. The number of amides is 6. The average Bonchev–Trinajstić information content (AvgIpc) is 3.89. The van der Waals surface area contributed by atoms with Gasteiger partial charge in [0.1, 0.15) is 22.7 Å². The Hall–Kier alpha value is -6.03. The summed E-state index contributed by atoms with van der Waals surface area (Å²) in [5, 5.41) is 18.5. The molecule has 2 aromatic heterocycles. The second-order valence-corrected chi connectivity index (χ2v) is 16.8. The van der Waals surface area contributed by atoms with E-state index in [0.29, 0.717) is 71.3 Å². The number of hydrogen-bond acceptors (Lipinski definition) is 8. The summed E-state index contributed by atoms with van der Waals surface area (Å²) in [4.78, 5) is 71.9. The molecule has 1 aliphatic carbocycles. The van der Waals surface area contributed by atoms with Gasteiger partial charge in [0.05, 0.1) is 17.3 Å². The van der Waals surface area contributed by atoms with Gasteiger partial charge in [-0.2, -0.15) is 0 Å². The van der Waals surface area contributed by atoms with Gasteiger partial charge < -0.3 is 21.3 Å². The lowest BCUT2D eigenvalue weighted by molar-refractivity contribution is -0.124. The number of halogens is 3. The van der Waals surface area contributed by atoms with Crippen molar-refractivity contribution < 1.29 is 28.4 Å². The van der Waals surface area contributed by atoms with Crippen LogP contribution in [0, 0.1) is 5.82 Å². The van der Waals surface area contributed by atoms with E-state index in [1.165, 1.54) is 11.0 Å². The van der Waals surface area contributed by atoms with Crippen LogP contribution in [0.15, 0.2) is 85.2 Å². The topological polar surface area (TPSA) is 178 Å². The molecule has 2 saturated heterocycles. The molecular formula is C44H42Cl2FN9O5. The van der Waals surface area contributed by atoms with Crippen molar-refractivity contribution >= 4 is 81.4 Å². The number of urea groups is 1. The van der Waals surface area contributed by atoms with Crippen LogP contribution in [0.4, 0.5) is 32.1 Å². The molecule has 9 rings (SSSR count). The number of anilines is 4. The van der Waals surface area contributed by atoms with Crippen LogP contribution < -0.4 is 36.8 Å². The predicted octanol–water partition coefficient (Wildman–Crippen LogP) is 6.75. The maximum Gasteiger partial charge on any atom is 0.329 e. The van der Waals surface area contributed by atoms with Crippen molar-refractivity contribution in [1.82, 2.24) is 25.3 Å². The highest BCUT2D eigenvalue weighted by atomic mass is 35.5. The summed E-state index contributed by atoms with van der Waals surface area (Å²) in [5.41, 5.74) is 1.41. The number of benzene rings is 3. The molecule has 61 heavy (non-hydrogen) atoms. The molecule has 6 amide bonds. The van der Waals surface area contributed by atoms with Crippen LogP contribution in [-0.2, 0) is 19.8 Å². The van der Waals surface area contributed by atoms with Gasteiger partial charge in [0.2, 0.25) is 17.7 Å². The Morgan fingerprint density at radius 1 is 0.918 bits per heavy atom. The van der Waals surface area contributed by atoms with E-state index in [4.69, 9.17) is 23.2 Å². The largest absolute Gasteiger partial charge is 0.385 e. The molecule has 0 radical (unpaired) electrons. The van der Waals surface area contributed by atoms with Gasteiger partial charge in [-0.3, -0.25) is 39.1 Å². The van der Waals surface area contributed by atoms with Crippen molar-refractivity contribution in [3.63, 3.8) is 0 Å². The molecule has 1 saturated carbocycles. The van der Waals surface area contributed by atoms with Crippen LogP contribution in [0.1, 0.15) is 72.3 Å². The Labute approximate surface area is 359 Å². The molecule has 17 heteroatoms. The van der Waals surface area contributed by atoms with Crippen molar-refractivity contribution in [3.8, 4) is 0 Å². The summed E-state index contributed by atoms with van der Waals surface area (Å²) in [5.74, 6) is -2.45. The first-order chi connectivity index (χ1) is 29.5. The van der Waals surface area contributed by atoms with Crippen molar-refractivity contribution in [3.05, 3.63) is 118 Å². The number of pyridine rings is 1. The van der Waals surface area contributed by atoms with Crippen molar-refractivity contribution in [2.45, 2.75) is 67.9 Å². The van der Waals surface area contributed by atoms with E-state index in [1.54, 1.807) is 65.3 Å². The third-order valence-electron chi connectivity index (χ3n) is 12.5. The summed E-state index contributed by atoms with van der Waals surface area (Å²) in [6, 6.07) is 18.6. The fourth-order valence-electron chi connectivity index (χ4n) is 9.83. The number of carbonyl (C=O) groups excluding carboxylic acids is 5. The van der Waals surface area contributed by atoms with Gasteiger partial charge in [-0.25, -0.2) is 14.2 Å². The van der Waals surface area contributed by atoms with Gasteiger partial charge in [0.25, 0.3) is 5.91 Å². The normalized spacial score (nSPS) is 21.7. The van der Waals surface area contributed by atoms with E-state index in [-0.39, 0.29) is 41.3 Å². The minimum Gasteiger partial charge on any atom is -0.385 e. The van der Waals surface area contributed by atoms with Crippen LogP contribution in [0.2, 0.25) is 10.0 Å². The van der Waals surface area contributed by atoms with E-state index in [2.05, 4.69) is 36.9 Å². The fourth-order valence-corrected chi connectivity index (χ4v) is 10.2. The van der Waals surface area contributed by atoms with E-state index in [9.17, 15) is 24.0 Å². The number of carbonyl (C=O) groups is 5. The number of nitrogens with zero attached hydrogens (tertiary/aromatic N) is 3. The number of aromatic nitrogens is 2. The summed E-state index contributed by atoms with van der Waals surface area (Å²) in [6.07, 6.45) is 8.03. The third-order valence-corrected chi connectivity index (χ3v) is 13.0. The lowest BCUT2D eigenvalue weighted by Gasteiger charge is -2.47. The van der Waals surface area contributed by atoms with Gasteiger partial charge in [-0.15, -0.1) is 0 Å². The van der Waals surface area contributed by atoms with Crippen LogP contribution in [-0.4, -0.2) is 70.3 Å². The molecule has 3 atom stereocenters. The summed E-state index contributed by atoms with van der Waals surface area (Å²) < 4.78 is 18.0. The minimum absolute atomic E-state index is 0.106. The van der Waals surface area contributed by atoms with Crippen molar-refractivity contribution in [2.24, 2.45) is 0 Å². The summed E-state index contributed by atoms with van der Waals surface area (Å²) >= 11 is 12.8. The molecule has 3 fully saturated rings. The molecule has 3 aliphatic heterocycles. The van der Waals surface area contributed by atoms with Crippen molar-refractivity contribution in [1.29, 1.82) is 0 Å². The van der Waals surface area contributed by atoms with E-state index >= 15 is 4.39 Å². The molecule has 5 aromatic rings. The SMILES string of the molecule is O=C1CCN(c2cnc3cc(NCCCNC(=O)c4ccc(NC(=O)[C@@H]5NC6(CCCCC6)[C@@]6(C(=O)Nc7cc(Cl)ccc76)[C@H]5c5cccc(Cl)c5F)cc4)ccn23)C(=O)N1. The number of fused-ring (bicyclic) bond motifs is 4. The molecule has 0 bridgehead atoms. The Bertz CT molecular complexity index is 2600. The highest BCUT2D eigenvalue weighted by Crippen LogP contribution is 2.63. The molecule has 3 aromatic carbocycles. The number of imidazole rings is 1. The number of rotatable bonds is 10. The first-order valence-electron chi connectivity index (χ1n) is 20.3. The zero-order chi connectivity index (χ0) is 42.5. The lowest BCUT2D eigenvalue weighted by atomic mass is 9.55. The quantitative estimate of drug-likeness (QED) is 0.0836. The molecule has 14 nitrogen and oxygen atoms in total. The maximum atomic E-state index is 16.2. The van der Waals surface area contributed by atoms with E-state index in [0.717, 1.165) is 24.9 Å². The molecule has 0 unspecified atom stereocenters. The summed E-state index contributed by atoms with van der Waals surface area (Å²) in [6.45, 7) is 1.23. The van der Waals surface area contributed by atoms with Crippen LogP contribution in [0.5, 0.6) is 0 Å². The number of hydrogen-bond donors (Lipinski definition) is 6. The summed E-state index contributed by atoms with van der Waals surface area (Å²) in [7, 11) is 0. The first-order valence-corrected chi connectivity index (χ1v) is 21.1. The molecule has 314 valence electrons. The zero-order valence-electron chi connectivity index (χ0n) is 32.8. The smallest absolute Gasteiger partial charge is 0.329 e. The Balaban J connectivity index is 0.859. The molecule has 4 aliphatic rings. The van der Waals surface area contributed by atoms with Crippen LogP contribution >= 0.6 is 23.2 Å². The lowest BCUT2D eigenvalue weighted by Crippen LogP contribution is -2.60. The zero-order valence-corrected chi connectivity index (χ0v) is 34.3. The van der Waals surface area contributed by atoms with E-state index in [1.807, 2.05) is 18.2 Å². The minimum atomic E-state index is -1.35. The van der Waals surface area contributed by atoms with Gasteiger partial charge in [0.15, 0.2) is 0 Å². The molecule has 5 heterocycles. The van der Waals surface area contributed by atoms with Crippen molar-refractivity contribution in [2.75, 3.05) is 40.5 Å². The molecular weight excluding hydrogens is 824 g/mol. The number of nitrogens with one attached hydrogen (secondary N) is 6. The van der Waals surface area contributed by atoms with Crippen LogP contribution in [0.3, 0.4) is 0 Å². The van der Waals surface area contributed by atoms with Gasteiger partial charge in [0, 0.05) is 77.4 Å². The highest BCUT2D eigenvalue weighted by molar-refractivity contribution is 6.31. The second kappa shape index (κ2) is 16.1. The fraction of sp³-hybridized carbons (Fsp3) is 0.318. The van der Waals surface area contributed by atoms with E-state index < -0.39 is 40.7 Å². The van der Waals surface area contributed by atoms with Crippen LogP contribution in [0.25, 0.3) is 5.65 Å². The Morgan fingerprint density at radius 3 is 2.51 bits per heavy atom. The standard InChI is InChI=1S/C44H42Cl2FN9O5/c45-26-10-13-30-32(22-26)52-41(60)44(30)36(29-6-4-7-31(46)37(29)47)38(54-43(44)16-2-1-3-17-43)40(59)51-27-11-8-25(9-12-27)39(58)49-19-5-18-48-28-14-20-55-33(23-28)50-24-35(55)56-21-15-34(57)53-42(56)61/h4,6-14,20,22-24,36,38,48,54H,1-3,5,15-19,21H2,(H,49,58)(H,51,59)(H,52,60)(H,53,57,61)/t36-,38+,44+/m0/s1. The van der Waals surface area contributed by atoms with Gasteiger partial charge >= 0.3 is 6.03 Å². The third kappa shape index (κ3) is 7.03. The maximum absolute atomic E-state index is 16.2. The average molecular weight is 867 g/mol. The second-order valence-electron chi connectivity index (χ2n) is 16.0. The first kappa shape index (κ1) is 40.4. The molecule has 2 spiro atoms. The molecule has 6 N–H and O–H groups in total. The Morgan fingerprint density at radius 2 is 1.72 bits per heavy atom. The van der Waals surface area contributed by atoms with Gasteiger partial charge in [-0.05, 0) is 78.9 Å².